The molecular weight excluding hydrogens is 372 g/mol. The molecule has 0 radical (unpaired) electrons. The minimum atomic E-state index is -0.133. The molecule has 0 saturated heterocycles. The number of carbonyl (C=O) groups is 1. The molecule has 3 heterocycles. The second-order valence-corrected chi connectivity index (χ2v) is 6.37. The highest BCUT2D eigenvalue weighted by Gasteiger charge is 2.16. The molecule has 148 valence electrons. The summed E-state index contributed by atoms with van der Waals surface area (Å²) < 4.78 is 12.4. The second kappa shape index (κ2) is 8.09. The first kappa shape index (κ1) is 18.6. The predicted molar refractivity (Wildman–Crippen MR) is 104 cm³/mol. The summed E-state index contributed by atoms with van der Waals surface area (Å²) in [4.78, 5) is 16.7. The average molecular weight is 392 g/mol. The summed E-state index contributed by atoms with van der Waals surface area (Å²) in [7, 11) is 1.59. The van der Waals surface area contributed by atoms with Crippen molar-refractivity contribution in [2.45, 2.75) is 26.3 Å². The fraction of sp³-hybridized carbons (Fsp3) is 0.250. The van der Waals surface area contributed by atoms with Crippen molar-refractivity contribution in [3.05, 3.63) is 59.8 Å². The van der Waals surface area contributed by atoms with E-state index in [1.807, 2.05) is 49.5 Å². The molecule has 1 N–H and O–H groups in total. The maximum Gasteiger partial charge on any atom is 0.261 e. The van der Waals surface area contributed by atoms with Crippen molar-refractivity contribution < 1.29 is 14.1 Å². The van der Waals surface area contributed by atoms with Crippen LogP contribution in [0, 0.1) is 0 Å². The summed E-state index contributed by atoms with van der Waals surface area (Å²) in [6.07, 6.45) is 2.73. The number of fused-ring (bicyclic) bond motifs is 1. The number of carbonyl (C=O) groups excluding carboxylic acids is 1. The van der Waals surface area contributed by atoms with Gasteiger partial charge in [0.05, 0.1) is 25.6 Å². The van der Waals surface area contributed by atoms with Crippen molar-refractivity contribution in [2.75, 3.05) is 7.11 Å². The Bertz CT molecular complexity index is 1150. The molecule has 0 aliphatic carbocycles. The van der Waals surface area contributed by atoms with Crippen molar-refractivity contribution in [1.29, 1.82) is 0 Å². The van der Waals surface area contributed by atoms with E-state index in [-0.39, 0.29) is 18.9 Å². The number of nitrogens with one attached hydrogen (secondary N) is 1. The van der Waals surface area contributed by atoms with Gasteiger partial charge in [0.1, 0.15) is 5.75 Å². The molecule has 0 saturated carbocycles. The minimum Gasteiger partial charge on any atom is -0.496 e. The first-order chi connectivity index (χ1) is 14.2. The van der Waals surface area contributed by atoms with Crippen molar-refractivity contribution in [1.82, 2.24) is 30.1 Å². The van der Waals surface area contributed by atoms with Gasteiger partial charge in [-0.25, -0.2) is 0 Å². The van der Waals surface area contributed by atoms with Gasteiger partial charge in [-0.05, 0) is 18.2 Å². The molecule has 0 spiro atoms. The van der Waals surface area contributed by atoms with Crippen LogP contribution in [0.15, 0.2) is 47.1 Å². The predicted octanol–water partition coefficient (Wildman–Crippen LogP) is 2.21. The van der Waals surface area contributed by atoms with Gasteiger partial charge >= 0.3 is 0 Å². The molecule has 1 amide bonds. The Morgan fingerprint density at radius 1 is 1.21 bits per heavy atom. The Morgan fingerprint density at radius 2 is 2.07 bits per heavy atom. The number of amides is 1. The largest absolute Gasteiger partial charge is 0.496 e. The van der Waals surface area contributed by atoms with Crippen molar-refractivity contribution >= 4 is 11.6 Å². The lowest BCUT2D eigenvalue weighted by molar-refractivity contribution is -0.120. The average Bonchev–Trinajstić information content (AvgIpc) is 3.39. The van der Waals surface area contributed by atoms with Gasteiger partial charge in [-0.2, -0.15) is 4.98 Å². The van der Waals surface area contributed by atoms with Gasteiger partial charge in [-0.15, -0.1) is 10.2 Å². The minimum absolute atomic E-state index is 0.133. The fourth-order valence-electron chi connectivity index (χ4n) is 3.02. The Labute approximate surface area is 166 Å². The number of ether oxygens (including phenoxy) is 1. The van der Waals surface area contributed by atoms with Gasteiger partial charge in [0.2, 0.25) is 5.91 Å². The van der Waals surface area contributed by atoms with Crippen molar-refractivity contribution in [3.63, 3.8) is 0 Å². The van der Waals surface area contributed by atoms with Crippen LogP contribution in [0.3, 0.4) is 0 Å². The van der Waals surface area contributed by atoms with E-state index in [0.717, 1.165) is 5.56 Å². The van der Waals surface area contributed by atoms with E-state index in [9.17, 15) is 4.79 Å². The zero-order valence-electron chi connectivity index (χ0n) is 16.1. The molecule has 4 rings (SSSR count). The standard InChI is InChI=1S/C20H20N6O3/c1-3-16-22-20(29-25-16)14-8-6-10-26-17(23-24-19(14)26)12-21-18(27)11-13-7-4-5-9-15(13)28-2/h4-10H,3,11-12H2,1-2H3,(H,21,27). The summed E-state index contributed by atoms with van der Waals surface area (Å²) in [5.74, 6) is 2.18. The maximum absolute atomic E-state index is 12.4. The van der Waals surface area contributed by atoms with Gasteiger partial charge in [0.25, 0.3) is 5.89 Å². The Kier molecular flexibility index (Phi) is 5.19. The van der Waals surface area contributed by atoms with E-state index in [1.165, 1.54) is 0 Å². The highest BCUT2D eigenvalue weighted by molar-refractivity contribution is 5.79. The van der Waals surface area contributed by atoms with E-state index in [4.69, 9.17) is 9.26 Å². The summed E-state index contributed by atoms with van der Waals surface area (Å²) in [5, 5.41) is 15.2. The van der Waals surface area contributed by atoms with Crippen LogP contribution in [0.2, 0.25) is 0 Å². The molecule has 29 heavy (non-hydrogen) atoms. The first-order valence-corrected chi connectivity index (χ1v) is 9.23. The number of methoxy groups -OCH3 is 1. The van der Waals surface area contributed by atoms with E-state index in [1.54, 1.807) is 11.5 Å². The first-order valence-electron chi connectivity index (χ1n) is 9.23. The summed E-state index contributed by atoms with van der Waals surface area (Å²) in [6.45, 7) is 2.20. The van der Waals surface area contributed by atoms with Crippen LogP contribution in [0.4, 0.5) is 0 Å². The monoisotopic (exact) mass is 392 g/mol. The van der Waals surface area contributed by atoms with Crippen LogP contribution in [-0.2, 0) is 24.2 Å². The van der Waals surface area contributed by atoms with Gasteiger partial charge < -0.3 is 14.6 Å². The molecular formula is C20H20N6O3. The Hall–Kier alpha value is -3.75. The number of hydrogen-bond donors (Lipinski definition) is 1. The number of aryl methyl sites for hydroxylation is 1. The van der Waals surface area contributed by atoms with Crippen LogP contribution in [0.5, 0.6) is 5.75 Å². The summed E-state index contributed by atoms with van der Waals surface area (Å²) >= 11 is 0. The third-order valence-electron chi connectivity index (χ3n) is 4.51. The smallest absolute Gasteiger partial charge is 0.261 e. The third-order valence-corrected chi connectivity index (χ3v) is 4.51. The van der Waals surface area contributed by atoms with Gasteiger partial charge in [-0.3, -0.25) is 9.20 Å². The molecule has 0 atom stereocenters. The normalized spacial score (nSPS) is 11.0. The highest BCUT2D eigenvalue weighted by Crippen LogP contribution is 2.22. The molecule has 9 nitrogen and oxygen atoms in total. The highest BCUT2D eigenvalue weighted by atomic mass is 16.5. The van der Waals surface area contributed by atoms with E-state index < -0.39 is 0 Å². The number of para-hydroxylation sites is 1. The number of hydrogen-bond acceptors (Lipinski definition) is 7. The van der Waals surface area contributed by atoms with Crippen LogP contribution in [0.1, 0.15) is 24.1 Å². The van der Waals surface area contributed by atoms with Gasteiger partial charge in [0.15, 0.2) is 17.3 Å². The fourth-order valence-corrected chi connectivity index (χ4v) is 3.02. The van der Waals surface area contributed by atoms with Crippen LogP contribution in [0.25, 0.3) is 17.1 Å². The summed E-state index contributed by atoms with van der Waals surface area (Å²) in [6, 6.07) is 11.1. The zero-order valence-corrected chi connectivity index (χ0v) is 16.1. The number of aromatic nitrogens is 5. The molecule has 4 aromatic rings. The summed E-state index contributed by atoms with van der Waals surface area (Å²) in [5.41, 5.74) is 2.11. The zero-order chi connectivity index (χ0) is 20.2. The number of rotatable bonds is 7. The molecule has 0 fully saturated rings. The molecule has 9 heteroatoms. The lowest BCUT2D eigenvalue weighted by Gasteiger charge is -2.08. The van der Waals surface area contributed by atoms with Gasteiger partial charge in [0, 0.05) is 18.2 Å². The lowest BCUT2D eigenvalue weighted by atomic mass is 10.1. The third kappa shape index (κ3) is 3.79. The van der Waals surface area contributed by atoms with Gasteiger partial charge in [-0.1, -0.05) is 30.3 Å². The lowest BCUT2D eigenvalue weighted by Crippen LogP contribution is -2.25. The molecule has 0 aliphatic heterocycles. The molecule has 0 unspecified atom stereocenters. The molecule has 0 aliphatic rings. The number of benzene rings is 1. The van der Waals surface area contributed by atoms with Crippen molar-refractivity contribution in [2.24, 2.45) is 0 Å². The maximum atomic E-state index is 12.4. The Balaban J connectivity index is 1.50. The van der Waals surface area contributed by atoms with E-state index in [0.29, 0.717) is 40.9 Å². The second-order valence-electron chi connectivity index (χ2n) is 6.37. The van der Waals surface area contributed by atoms with Crippen molar-refractivity contribution in [3.8, 4) is 17.2 Å². The van der Waals surface area contributed by atoms with Crippen LogP contribution < -0.4 is 10.1 Å². The van der Waals surface area contributed by atoms with Crippen LogP contribution >= 0.6 is 0 Å². The van der Waals surface area contributed by atoms with E-state index in [2.05, 4.69) is 25.7 Å². The SMILES string of the molecule is CCc1noc(-c2cccn3c(CNC(=O)Cc4ccccc4OC)nnc23)n1. The quantitative estimate of drug-likeness (QED) is 0.514. The molecule has 3 aromatic heterocycles. The number of pyridine rings is 1. The Morgan fingerprint density at radius 3 is 2.86 bits per heavy atom. The van der Waals surface area contributed by atoms with Crippen LogP contribution in [-0.4, -0.2) is 37.8 Å². The van der Waals surface area contributed by atoms with E-state index >= 15 is 0 Å². The number of nitrogens with zero attached hydrogens (tertiary/aromatic N) is 5. The topological polar surface area (TPSA) is 107 Å². The molecule has 0 bridgehead atoms. The molecule has 1 aromatic carbocycles.